The topological polar surface area (TPSA) is 55.7 Å². The first-order valence-corrected chi connectivity index (χ1v) is 7.54. The first-order chi connectivity index (χ1) is 8.94. The molecular weight excluding hydrogens is 277 g/mol. The van der Waals surface area contributed by atoms with Gasteiger partial charge in [-0.2, -0.15) is 0 Å². The Morgan fingerprint density at radius 2 is 1.80 bits per heavy atom. The van der Waals surface area contributed by atoms with E-state index in [2.05, 4.69) is 4.40 Å². The molecule has 5 heteroatoms. The minimum atomic E-state index is -1.45. The molecule has 0 radical (unpaired) electrons. The van der Waals surface area contributed by atoms with E-state index in [1.807, 2.05) is 20.8 Å². The Labute approximate surface area is 123 Å². The molecule has 0 aliphatic rings. The standard InChI is InChI=1S/C15H22FNO2S/c1-10(17-20(19)14(2,3)4)11-8-7-9-12(13(11)16)15(5,6)18/h7-9,18H,1-6H3/b17-10+/t20-/m1/s1. The molecule has 0 unspecified atom stereocenters. The highest BCUT2D eigenvalue weighted by atomic mass is 32.2. The number of nitrogens with zero attached hydrogens (tertiary/aromatic N) is 1. The summed E-state index contributed by atoms with van der Waals surface area (Å²) >= 11 is -1.45. The minimum Gasteiger partial charge on any atom is -0.591 e. The fourth-order valence-electron chi connectivity index (χ4n) is 1.59. The second kappa shape index (κ2) is 5.84. The summed E-state index contributed by atoms with van der Waals surface area (Å²) in [7, 11) is 0. The number of hydrogen-bond donors (Lipinski definition) is 1. The summed E-state index contributed by atoms with van der Waals surface area (Å²) < 4.78 is 30.0. The molecule has 1 aromatic carbocycles. The largest absolute Gasteiger partial charge is 0.591 e. The monoisotopic (exact) mass is 299 g/mol. The Hall–Kier alpha value is -0.910. The van der Waals surface area contributed by atoms with Crippen LogP contribution in [0.1, 0.15) is 52.7 Å². The Bertz CT molecular complexity index is 516. The van der Waals surface area contributed by atoms with E-state index in [-0.39, 0.29) is 11.1 Å². The first-order valence-electron chi connectivity index (χ1n) is 6.43. The van der Waals surface area contributed by atoms with Crippen molar-refractivity contribution in [2.75, 3.05) is 0 Å². The molecule has 20 heavy (non-hydrogen) atoms. The van der Waals surface area contributed by atoms with Gasteiger partial charge < -0.3 is 9.66 Å². The van der Waals surface area contributed by atoms with E-state index in [1.54, 1.807) is 19.1 Å². The van der Waals surface area contributed by atoms with Crippen LogP contribution in [-0.2, 0) is 17.0 Å². The molecule has 1 rings (SSSR count). The van der Waals surface area contributed by atoms with Gasteiger partial charge in [0.25, 0.3) is 0 Å². The summed E-state index contributed by atoms with van der Waals surface area (Å²) in [5, 5.41) is 9.95. The molecule has 1 aromatic rings. The van der Waals surface area contributed by atoms with Crippen molar-refractivity contribution in [2.24, 2.45) is 4.40 Å². The maximum absolute atomic E-state index is 14.4. The second-order valence-electron chi connectivity index (χ2n) is 6.26. The van der Waals surface area contributed by atoms with Gasteiger partial charge in [-0.25, -0.2) is 4.39 Å². The highest BCUT2D eigenvalue weighted by Gasteiger charge is 2.28. The van der Waals surface area contributed by atoms with Gasteiger partial charge in [0, 0.05) is 11.1 Å². The molecule has 0 saturated carbocycles. The van der Waals surface area contributed by atoms with E-state index in [0.717, 1.165) is 0 Å². The molecule has 0 aromatic heterocycles. The van der Waals surface area contributed by atoms with E-state index in [9.17, 15) is 14.0 Å². The van der Waals surface area contributed by atoms with Crippen molar-refractivity contribution in [2.45, 2.75) is 51.9 Å². The average molecular weight is 299 g/mol. The second-order valence-corrected chi connectivity index (χ2v) is 8.17. The van der Waals surface area contributed by atoms with Gasteiger partial charge >= 0.3 is 0 Å². The maximum atomic E-state index is 14.4. The van der Waals surface area contributed by atoms with Crippen LogP contribution in [0.15, 0.2) is 22.6 Å². The van der Waals surface area contributed by atoms with Gasteiger partial charge in [-0.05, 0) is 41.5 Å². The summed E-state index contributed by atoms with van der Waals surface area (Å²) in [6.45, 7) is 10.1. The van der Waals surface area contributed by atoms with Crippen LogP contribution in [0, 0.1) is 5.82 Å². The number of halogens is 1. The average Bonchev–Trinajstić information content (AvgIpc) is 2.26. The van der Waals surface area contributed by atoms with Crippen molar-refractivity contribution < 1.29 is 14.0 Å². The van der Waals surface area contributed by atoms with Crippen molar-refractivity contribution in [3.8, 4) is 0 Å². The molecule has 0 spiro atoms. The van der Waals surface area contributed by atoms with E-state index in [4.69, 9.17) is 0 Å². The lowest BCUT2D eigenvalue weighted by molar-refractivity contribution is 0.0745. The fourth-order valence-corrected chi connectivity index (χ4v) is 2.22. The zero-order valence-corrected chi connectivity index (χ0v) is 13.6. The maximum Gasteiger partial charge on any atom is 0.144 e. The van der Waals surface area contributed by atoms with Crippen LogP contribution in [0.3, 0.4) is 0 Å². The molecule has 0 amide bonds. The normalized spacial score (nSPS) is 15.3. The number of hydrogen-bond acceptors (Lipinski definition) is 3. The molecule has 0 bridgehead atoms. The van der Waals surface area contributed by atoms with Crippen LogP contribution in [0.5, 0.6) is 0 Å². The van der Waals surface area contributed by atoms with Gasteiger partial charge in [0.05, 0.1) is 11.3 Å². The fraction of sp³-hybridized carbons (Fsp3) is 0.533. The number of aliphatic hydroxyl groups is 1. The first kappa shape index (κ1) is 17.1. The van der Waals surface area contributed by atoms with Gasteiger partial charge in [-0.1, -0.05) is 22.6 Å². The van der Waals surface area contributed by atoms with E-state index in [1.165, 1.54) is 19.9 Å². The van der Waals surface area contributed by atoms with Crippen molar-refractivity contribution in [1.82, 2.24) is 0 Å². The van der Waals surface area contributed by atoms with E-state index in [0.29, 0.717) is 5.71 Å². The molecule has 1 atom stereocenters. The molecule has 112 valence electrons. The van der Waals surface area contributed by atoms with Gasteiger partial charge in [0.2, 0.25) is 0 Å². The lowest BCUT2D eigenvalue weighted by Crippen LogP contribution is -2.27. The third-order valence-corrected chi connectivity index (χ3v) is 4.28. The van der Waals surface area contributed by atoms with Crippen LogP contribution in [0.25, 0.3) is 0 Å². The zero-order valence-electron chi connectivity index (χ0n) is 12.8. The van der Waals surface area contributed by atoms with Crippen LogP contribution in [-0.4, -0.2) is 20.1 Å². The van der Waals surface area contributed by atoms with Gasteiger partial charge in [0.1, 0.15) is 21.9 Å². The highest BCUT2D eigenvalue weighted by Crippen LogP contribution is 2.26. The van der Waals surface area contributed by atoms with Crippen LogP contribution in [0.2, 0.25) is 0 Å². The van der Waals surface area contributed by atoms with Gasteiger partial charge in [0.15, 0.2) is 0 Å². The summed E-state index contributed by atoms with van der Waals surface area (Å²) in [6, 6.07) is 4.76. The summed E-state index contributed by atoms with van der Waals surface area (Å²) in [5.41, 5.74) is -0.445. The molecule has 0 heterocycles. The Morgan fingerprint density at radius 1 is 1.25 bits per heavy atom. The zero-order chi connectivity index (χ0) is 15.7. The Kier molecular flexibility index (Phi) is 5.00. The third-order valence-electron chi connectivity index (χ3n) is 2.79. The molecule has 0 saturated heterocycles. The summed E-state index contributed by atoms with van der Waals surface area (Å²) in [5.74, 6) is -0.521. The lowest BCUT2D eigenvalue weighted by Gasteiger charge is -2.21. The van der Waals surface area contributed by atoms with Crippen molar-refractivity contribution in [3.05, 3.63) is 35.1 Å². The van der Waals surface area contributed by atoms with Gasteiger partial charge in [-0.3, -0.25) is 0 Å². The molecule has 0 aliphatic carbocycles. The predicted octanol–water partition coefficient (Wildman–Crippen LogP) is 3.32. The smallest absolute Gasteiger partial charge is 0.144 e. The van der Waals surface area contributed by atoms with Crippen molar-refractivity contribution >= 4 is 17.1 Å². The van der Waals surface area contributed by atoms with E-state index >= 15 is 0 Å². The molecular formula is C15H22FNO2S. The Balaban J connectivity index is 3.25. The summed E-state index contributed by atoms with van der Waals surface area (Å²) in [4.78, 5) is 0. The summed E-state index contributed by atoms with van der Waals surface area (Å²) in [6.07, 6.45) is 0. The van der Waals surface area contributed by atoms with Crippen molar-refractivity contribution in [1.29, 1.82) is 0 Å². The molecule has 0 fully saturated rings. The molecule has 1 N–H and O–H groups in total. The predicted molar refractivity (Wildman–Crippen MR) is 81.8 cm³/mol. The minimum absolute atomic E-state index is 0.200. The third kappa shape index (κ3) is 4.04. The van der Waals surface area contributed by atoms with Crippen LogP contribution >= 0.6 is 0 Å². The molecule has 3 nitrogen and oxygen atoms in total. The van der Waals surface area contributed by atoms with Crippen LogP contribution < -0.4 is 0 Å². The van der Waals surface area contributed by atoms with E-state index < -0.39 is 27.5 Å². The van der Waals surface area contributed by atoms with Crippen LogP contribution in [0.4, 0.5) is 4.39 Å². The van der Waals surface area contributed by atoms with Crippen molar-refractivity contribution in [3.63, 3.8) is 0 Å². The Morgan fingerprint density at radius 3 is 2.25 bits per heavy atom. The SMILES string of the molecule is C/C(=N\[S@+]([O-])C(C)(C)C)c1cccc(C(C)(C)O)c1F. The quantitative estimate of drug-likeness (QED) is 0.687. The molecule has 0 aliphatic heterocycles. The number of rotatable bonds is 3. The van der Waals surface area contributed by atoms with Gasteiger partial charge in [-0.15, -0.1) is 0 Å². The number of benzene rings is 1. The highest BCUT2D eigenvalue weighted by molar-refractivity contribution is 7.91. The lowest BCUT2D eigenvalue weighted by atomic mass is 9.94.